The minimum Gasteiger partial charge on any atom is -0.444 e. The normalized spacial score (nSPS) is 11.2. The summed E-state index contributed by atoms with van der Waals surface area (Å²) >= 11 is 0. The number of carbonyl (C=O) groups excluding carboxylic acids is 1. The van der Waals surface area contributed by atoms with E-state index in [4.69, 9.17) is 4.42 Å². The second-order valence-electron chi connectivity index (χ2n) is 5.83. The third-order valence-corrected chi connectivity index (χ3v) is 3.67. The van der Waals surface area contributed by atoms with Crippen LogP contribution < -0.4 is 15.4 Å². The van der Waals surface area contributed by atoms with Crippen molar-refractivity contribution >= 4 is 11.7 Å². The van der Waals surface area contributed by atoms with E-state index in [-0.39, 0.29) is 18.0 Å². The molecule has 2 aromatic carbocycles. The van der Waals surface area contributed by atoms with Gasteiger partial charge in [-0.15, -0.1) is 13.2 Å². The molecule has 0 aliphatic rings. The number of hydrogen-bond donors (Lipinski definition) is 2. The number of rotatable bonds is 6. The van der Waals surface area contributed by atoms with Gasteiger partial charge < -0.3 is 19.8 Å². The highest BCUT2D eigenvalue weighted by Crippen LogP contribution is 2.29. The predicted molar refractivity (Wildman–Crippen MR) is 95.7 cm³/mol. The van der Waals surface area contributed by atoms with Crippen LogP contribution in [-0.2, 0) is 6.42 Å². The van der Waals surface area contributed by atoms with E-state index >= 15 is 0 Å². The molecule has 0 fully saturated rings. The molecule has 6 nitrogen and oxygen atoms in total. The molecule has 2 N–H and O–H groups in total. The number of nitrogens with one attached hydrogen (secondary N) is 2. The summed E-state index contributed by atoms with van der Waals surface area (Å²) in [6.07, 6.45) is -3.15. The van der Waals surface area contributed by atoms with Gasteiger partial charge in [0.2, 0.25) is 5.89 Å². The number of ether oxygens (including phenoxy) is 1. The topological polar surface area (TPSA) is 76.4 Å². The molecule has 10 heteroatoms. The first-order valence-corrected chi connectivity index (χ1v) is 8.40. The number of carbonyl (C=O) groups is 1. The summed E-state index contributed by atoms with van der Waals surface area (Å²) < 4.78 is 59.4. The zero-order valence-electron chi connectivity index (χ0n) is 14.8. The Bertz CT molecular complexity index is 971. The summed E-state index contributed by atoms with van der Waals surface area (Å²) in [7, 11) is 0. The first-order chi connectivity index (χ1) is 13.8. The molecule has 0 radical (unpaired) electrons. The third kappa shape index (κ3) is 5.96. The van der Waals surface area contributed by atoms with Crippen molar-refractivity contribution in [3.05, 3.63) is 66.3 Å². The lowest BCUT2D eigenvalue weighted by Crippen LogP contribution is -2.31. The van der Waals surface area contributed by atoms with E-state index < -0.39 is 18.1 Å². The highest BCUT2D eigenvalue weighted by Gasteiger charge is 2.32. The van der Waals surface area contributed by atoms with E-state index in [0.717, 1.165) is 6.07 Å². The van der Waals surface area contributed by atoms with Crippen LogP contribution in [0.4, 0.5) is 28.0 Å². The second kappa shape index (κ2) is 8.63. The van der Waals surface area contributed by atoms with Crippen molar-refractivity contribution < 1.29 is 31.5 Å². The number of oxazole rings is 1. The number of alkyl halides is 3. The Morgan fingerprint density at radius 1 is 1.10 bits per heavy atom. The van der Waals surface area contributed by atoms with Gasteiger partial charge in [-0.2, -0.15) is 0 Å². The number of halogens is 4. The molecule has 29 heavy (non-hydrogen) atoms. The smallest absolute Gasteiger partial charge is 0.444 e. The van der Waals surface area contributed by atoms with Gasteiger partial charge in [0.25, 0.3) is 0 Å². The van der Waals surface area contributed by atoms with Crippen molar-refractivity contribution in [1.29, 1.82) is 0 Å². The van der Waals surface area contributed by atoms with Crippen LogP contribution in [0.25, 0.3) is 11.5 Å². The van der Waals surface area contributed by atoms with E-state index in [1.807, 2.05) is 0 Å². The SMILES string of the molecule is O=C(NCCc1coc(-c2ccc(F)cc2)n1)Nc1ccccc1OC(F)(F)F. The summed E-state index contributed by atoms with van der Waals surface area (Å²) in [4.78, 5) is 16.2. The van der Waals surface area contributed by atoms with Gasteiger partial charge in [0.15, 0.2) is 5.75 Å². The summed E-state index contributed by atoms with van der Waals surface area (Å²) in [5.74, 6) is -0.587. The minimum atomic E-state index is -4.87. The maximum atomic E-state index is 13.0. The van der Waals surface area contributed by atoms with Crippen LogP contribution in [0.1, 0.15) is 5.69 Å². The zero-order valence-corrected chi connectivity index (χ0v) is 14.8. The van der Waals surface area contributed by atoms with Gasteiger partial charge in [0, 0.05) is 18.5 Å². The summed E-state index contributed by atoms with van der Waals surface area (Å²) in [6.45, 7) is 0.156. The number of para-hydroxylation sites is 2. The maximum absolute atomic E-state index is 13.0. The molecular formula is C19H15F4N3O3. The van der Waals surface area contributed by atoms with Gasteiger partial charge in [-0.1, -0.05) is 12.1 Å². The summed E-state index contributed by atoms with van der Waals surface area (Å²) in [6, 6.07) is 10.1. The van der Waals surface area contributed by atoms with Gasteiger partial charge in [-0.3, -0.25) is 0 Å². The predicted octanol–water partition coefficient (Wildman–Crippen LogP) is 4.74. The van der Waals surface area contributed by atoms with Crippen LogP contribution in [0.15, 0.2) is 59.2 Å². The fourth-order valence-electron chi connectivity index (χ4n) is 2.40. The van der Waals surface area contributed by atoms with Crippen molar-refractivity contribution in [3.8, 4) is 17.2 Å². The second-order valence-corrected chi connectivity index (χ2v) is 5.83. The zero-order chi connectivity index (χ0) is 20.9. The first kappa shape index (κ1) is 20.2. The molecule has 3 rings (SSSR count). The molecule has 2 amide bonds. The summed E-state index contributed by atoms with van der Waals surface area (Å²) in [5, 5.41) is 4.81. The molecule has 152 valence electrons. The average Bonchev–Trinajstić information content (AvgIpc) is 3.12. The molecule has 0 saturated carbocycles. The molecule has 0 bridgehead atoms. The van der Waals surface area contributed by atoms with E-state index in [1.165, 1.54) is 48.7 Å². The van der Waals surface area contributed by atoms with Crippen molar-refractivity contribution in [2.45, 2.75) is 12.8 Å². The van der Waals surface area contributed by atoms with Gasteiger partial charge >= 0.3 is 12.4 Å². The Hall–Kier alpha value is -3.56. The van der Waals surface area contributed by atoms with Crippen molar-refractivity contribution in [3.63, 3.8) is 0 Å². The Kier molecular flexibility index (Phi) is 6.01. The fourth-order valence-corrected chi connectivity index (χ4v) is 2.40. The lowest BCUT2D eigenvalue weighted by atomic mass is 10.2. The van der Waals surface area contributed by atoms with Gasteiger partial charge in [0.05, 0.1) is 11.4 Å². The molecule has 1 heterocycles. The molecule has 1 aromatic heterocycles. The van der Waals surface area contributed by atoms with E-state index in [2.05, 4.69) is 20.4 Å². The molecule has 0 aliphatic carbocycles. The molecular weight excluding hydrogens is 394 g/mol. The van der Waals surface area contributed by atoms with Crippen LogP contribution in [0.5, 0.6) is 5.75 Å². The monoisotopic (exact) mass is 409 g/mol. The number of amides is 2. The highest BCUT2D eigenvalue weighted by molar-refractivity contribution is 5.90. The minimum absolute atomic E-state index is 0.123. The lowest BCUT2D eigenvalue weighted by Gasteiger charge is -2.14. The maximum Gasteiger partial charge on any atom is 0.573 e. The molecule has 3 aromatic rings. The van der Waals surface area contributed by atoms with E-state index in [1.54, 1.807) is 0 Å². The molecule has 0 saturated heterocycles. The van der Waals surface area contributed by atoms with Crippen LogP contribution in [0.3, 0.4) is 0 Å². The molecule has 0 spiro atoms. The number of anilines is 1. The van der Waals surface area contributed by atoms with Gasteiger partial charge in [-0.25, -0.2) is 14.2 Å². The van der Waals surface area contributed by atoms with Crippen molar-refractivity contribution in [1.82, 2.24) is 10.3 Å². The molecule has 0 unspecified atom stereocenters. The highest BCUT2D eigenvalue weighted by atomic mass is 19.4. The quantitative estimate of drug-likeness (QED) is 0.577. The average molecular weight is 409 g/mol. The fraction of sp³-hybridized carbons (Fsp3) is 0.158. The number of urea groups is 1. The first-order valence-electron chi connectivity index (χ1n) is 8.40. The number of nitrogens with zero attached hydrogens (tertiary/aromatic N) is 1. The standard InChI is InChI=1S/C19H15F4N3O3/c20-13-7-5-12(6-8-13)17-25-14(11-28-17)9-10-24-18(27)26-15-3-1-2-4-16(15)29-19(21,22)23/h1-8,11H,9-10H2,(H2,24,26,27). The summed E-state index contributed by atoms with van der Waals surface area (Å²) in [5.41, 5.74) is 1.03. The van der Waals surface area contributed by atoms with Crippen LogP contribution in [0.2, 0.25) is 0 Å². The third-order valence-electron chi connectivity index (χ3n) is 3.67. The Morgan fingerprint density at radius 3 is 2.55 bits per heavy atom. The van der Waals surface area contributed by atoms with Crippen molar-refractivity contribution in [2.24, 2.45) is 0 Å². The number of aromatic nitrogens is 1. The Balaban J connectivity index is 1.52. The van der Waals surface area contributed by atoms with E-state index in [9.17, 15) is 22.4 Å². The molecule has 0 aliphatic heterocycles. The van der Waals surface area contributed by atoms with Crippen LogP contribution in [0, 0.1) is 5.82 Å². The lowest BCUT2D eigenvalue weighted by molar-refractivity contribution is -0.274. The number of hydrogen-bond acceptors (Lipinski definition) is 4. The van der Waals surface area contributed by atoms with Crippen LogP contribution >= 0.6 is 0 Å². The van der Waals surface area contributed by atoms with Gasteiger partial charge in [0.1, 0.15) is 12.1 Å². The van der Waals surface area contributed by atoms with Crippen molar-refractivity contribution in [2.75, 3.05) is 11.9 Å². The van der Waals surface area contributed by atoms with E-state index in [0.29, 0.717) is 23.6 Å². The largest absolute Gasteiger partial charge is 0.573 e. The Morgan fingerprint density at radius 2 is 1.83 bits per heavy atom. The van der Waals surface area contributed by atoms with Crippen LogP contribution in [-0.4, -0.2) is 23.9 Å². The van der Waals surface area contributed by atoms with Gasteiger partial charge in [-0.05, 0) is 36.4 Å². The molecule has 0 atom stereocenters. The number of benzene rings is 2. The Labute approximate surface area is 162 Å².